The van der Waals surface area contributed by atoms with Crippen LogP contribution in [0.2, 0.25) is 0 Å². The molecule has 1 aliphatic heterocycles. The fraction of sp³-hybridized carbons (Fsp3) is 1.00. The summed E-state index contributed by atoms with van der Waals surface area (Å²) in [6.45, 7) is 5.16. The van der Waals surface area contributed by atoms with Crippen LogP contribution in [0.3, 0.4) is 0 Å². The highest BCUT2D eigenvalue weighted by atomic mass is 16.7. The van der Waals surface area contributed by atoms with Gasteiger partial charge in [-0.05, 0) is 12.8 Å². The first-order chi connectivity index (χ1) is 17.7. The summed E-state index contributed by atoms with van der Waals surface area (Å²) >= 11 is 0. The highest BCUT2D eigenvalue weighted by molar-refractivity contribution is 4.90. The van der Waals surface area contributed by atoms with Crippen molar-refractivity contribution in [1.29, 1.82) is 0 Å². The zero-order chi connectivity index (χ0) is 26.3. The Labute approximate surface area is 222 Å². The third-order valence-corrected chi connectivity index (χ3v) is 7.43. The maximum Gasteiger partial charge on any atom is 0.184 e. The Kier molecular flexibility index (Phi) is 22.4. The highest BCUT2D eigenvalue weighted by Crippen LogP contribution is 2.25. The van der Waals surface area contributed by atoms with Gasteiger partial charge >= 0.3 is 0 Å². The summed E-state index contributed by atoms with van der Waals surface area (Å²) in [6, 6.07) is 0. The van der Waals surface area contributed by atoms with Crippen LogP contribution >= 0.6 is 0 Å². The molecule has 0 amide bonds. The van der Waals surface area contributed by atoms with Crippen LogP contribution < -0.4 is 0 Å². The number of hydrogen-bond acceptors (Lipinski definition) is 6. The first-order valence-corrected chi connectivity index (χ1v) is 15.5. The molecule has 1 rings (SSSR count). The minimum atomic E-state index is -1.20. The molecular weight excluding hydrogens is 456 g/mol. The maximum absolute atomic E-state index is 10.7. The third kappa shape index (κ3) is 15.9. The van der Waals surface area contributed by atoms with Crippen LogP contribution in [0, 0.1) is 0 Å². The van der Waals surface area contributed by atoms with Gasteiger partial charge in [0.25, 0.3) is 0 Å². The predicted octanol–water partition coefficient (Wildman–Crippen LogP) is 6.67. The van der Waals surface area contributed by atoms with Crippen LogP contribution in [0.4, 0.5) is 0 Å². The standard InChI is InChI=1S/C30H60O6/c1-3-5-7-9-11-13-15-17-19-21-23-34-28-27(32)26(25-31)36-30(33)29(28)35-24-22-20-18-16-14-12-10-8-6-4-2/h26-33H,3-25H2,1-2H3/t26-,27-,28+,29-,30-/m1/s1. The van der Waals surface area contributed by atoms with Crippen LogP contribution in [0.5, 0.6) is 0 Å². The van der Waals surface area contributed by atoms with Crippen molar-refractivity contribution in [2.75, 3.05) is 19.8 Å². The number of hydrogen-bond donors (Lipinski definition) is 3. The zero-order valence-corrected chi connectivity index (χ0v) is 23.7. The molecule has 5 atom stereocenters. The summed E-state index contributed by atoms with van der Waals surface area (Å²) in [5.74, 6) is 0. The van der Waals surface area contributed by atoms with E-state index in [9.17, 15) is 15.3 Å². The molecule has 36 heavy (non-hydrogen) atoms. The number of ether oxygens (including phenoxy) is 3. The van der Waals surface area contributed by atoms with E-state index in [0.29, 0.717) is 13.2 Å². The van der Waals surface area contributed by atoms with Gasteiger partial charge in [-0.3, -0.25) is 0 Å². The molecule has 1 fully saturated rings. The van der Waals surface area contributed by atoms with E-state index in [1.54, 1.807) is 0 Å². The maximum atomic E-state index is 10.7. The molecule has 0 radical (unpaired) electrons. The molecule has 1 aliphatic rings. The van der Waals surface area contributed by atoms with E-state index in [-0.39, 0.29) is 6.61 Å². The second kappa shape index (κ2) is 23.8. The summed E-state index contributed by atoms with van der Waals surface area (Å²) in [5.41, 5.74) is 0. The van der Waals surface area contributed by atoms with Crippen molar-refractivity contribution >= 4 is 0 Å². The topological polar surface area (TPSA) is 88.4 Å². The average molecular weight is 517 g/mol. The van der Waals surface area contributed by atoms with Gasteiger partial charge in [0, 0.05) is 13.2 Å². The van der Waals surface area contributed by atoms with Crippen molar-refractivity contribution < 1.29 is 29.5 Å². The number of rotatable bonds is 25. The quantitative estimate of drug-likeness (QED) is 0.117. The van der Waals surface area contributed by atoms with Gasteiger partial charge in [-0.25, -0.2) is 0 Å². The van der Waals surface area contributed by atoms with Crippen LogP contribution in [0.1, 0.15) is 142 Å². The van der Waals surface area contributed by atoms with Crippen molar-refractivity contribution in [1.82, 2.24) is 0 Å². The summed E-state index contributed by atoms with van der Waals surface area (Å²) in [5, 5.41) is 30.6. The summed E-state index contributed by atoms with van der Waals surface area (Å²) in [7, 11) is 0. The monoisotopic (exact) mass is 516 g/mol. The minimum absolute atomic E-state index is 0.360. The van der Waals surface area contributed by atoms with Crippen molar-refractivity contribution in [2.45, 2.75) is 173 Å². The van der Waals surface area contributed by atoms with Gasteiger partial charge in [-0.1, -0.05) is 129 Å². The lowest BCUT2D eigenvalue weighted by molar-refractivity contribution is -0.303. The third-order valence-electron chi connectivity index (χ3n) is 7.43. The van der Waals surface area contributed by atoms with Crippen LogP contribution in [0.25, 0.3) is 0 Å². The molecule has 6 heteroatoms. The van der Waals surface area contributed by atoms with E-state index < -0.39 is 30.7 Å². The first-order valence-electron chi connectivity index (χ1n) is 15.5. The van der Waals surface area contributed by atoms with E-state index in [0.717, 1.165) is 25.7 Å². The van der Waals surface area contributed by atoms with E-state index in [2.05, 4.69) is 13.8 Å². The normalized spacial score (nSPS) is 24.4. The average Bonchev–Trinajstić information content (AvgIpc) is 2.88. The van der Waals surface area contributed by atoms with Crippen molar-refractivity contribution in [3.63, 3.8) is 0 Å². The molecule has 0 spiro atoms. The second-order valence-electron chi connectivity index (χ2n) is 10.8. The van der Waals surface area contributed by atoms with Gasteiger partial charge in [0.2, 0.25) is 0 Å². The van der Waals surface area contributed by atoms with Gasteiger partial charge in [0.1, 0.15) is 24.4 Å². The van der Waals surface area contributed by atoms with E-state index in [1.165, 1.54) is 103 Å². The van der Waals surface area contributed by atoms with Crippen molar-refractivity contribution in [3.05, 3.63) is 0 Å². The molecule has 216 valence electrons. The molecule has 0 saturated carbocycles. The van der Waals surface area contributed by atoms with Gasteiger partial charge in [-0.2, -0.15) is 0 Å². The zero-order valence-electron chi connectivity index (χ0n) is 23.7. The van der Waals surface area contributed by atoms with Gasteiger partial charge < -0.3 is 29.5 Å². The molecule has 0 aromatic heterocycles. The summed E-state index contributed by atoms with van der Waals surface area (Å²) in [6.07, 6.45) is 20.5. The molecule has 1 heterocycles. The molecule has 0 aliphatic carbocycles. The Morgan fingerprint density at radius 2 is 0.889 bits per heavy atom. The molecule has 0 aromatic rings. The Morgan fingerprint density at radius 3 is 1.28 bits per heavy atom. The number of aliphatic hydroxyl groups is 3. The largest absolute Gasteiger partial charge is 0.394 e. The van der Waals surface area contributed by atoms with E-state index in [4.69, 9.17) is 14.2 Å². The van der Waals surface area contributed by atoms with Crippen LogP contribution in [0.15, 0.2) is 0 Å². The van der Waals surface area contributed by atoms with Crippen LogP contribution in [-0.4, -0.2) is 65.8 Å². The molecule has 3 N–H and O–H groups in total. The van der Waals surface area contributed by atoms with Gasteiger partial charge in [0.15, 0.2) is 6.29 Å². The molecular formula is C30H60O6. The predicted molar refractivity (Wildman–Crippen MR) is 147 cm³/mol. The highest BCUT2D eigenvalue weighted by Gasteiger charge is 2.45. The second-order valence-corrected chi connectivity index (χ2v) is 10.8. The summed E-state index contributed by atoms with van der Waals surface area (Å²) in [4.78, 5) is 0. The van der Waals surface area contributed by atoms with Gasteiger partial charge in [-0.15, -0.1) is 0 Å². The SMILES string of the molecule is CCCCCCCCCCCCO[C@@H]1[C@@H](OCCCCCCCCCCCC)[C@H](O)[C@@H](CO)O[C@H]1O. The minimum Gasteiger partial charge on any atom is -0.394 e. The molecule has 1 saturated heterocycles. The van der Waals surface area contributed by atoms with Gasteiger partial charge in [0.05, 0.1) is 6.61 Å². The van der Waals surface area contributed by atoms with Crippen LogP contribution in [-0.2, 0) is 14.2 Å². The Balaban J connectivity index is 2.21. The molecule has 6 nitrogen and oxygen atoms in total. The Hall–Kier alpha value is -0.240. The summed E-state index contributed by atoms with van der Waals surface area (Å²) < 4.78 is 17.4. The number of unbranched alkanes of at least 4 members (excludes halogenated alkanes) is 18. The van der Waals surface area contributed by atoms with Crippen molar-refractivity contribution in [2.24, 2.45) is 0 Å². The fourth-order valence-electron chi connectivity index (χ4n) is 5.04. The lowest BCUT2D eigenvalue weighted by atomic mass is 9.98. The Bertz CT molecular complexity index is 463. The van der Waals surface area contributed by atoms with E-state index >= 15 is 0 Å². The lowest BCUT2D eigenvalue weighted by Gasteiger charge is -2.42. The lowest BCUT2D eigenvalue weighted by Crippen LogP contribution is -2.60. The Morgan fingerprint density at radius 1 is 0.528 bits per heavy atom. The smallest absolute Gasteiger partial charge is 0.184 e. The van der Waals surface area contributed by atoms with E-state index in [1.807, 2.05) is 0 Å². The molecule has 0 bridgehead atoms. The molecule has 0 unspecified atom stereocenters. The fourth-order valence-corrected chi connectivity index (χ4v) is 5.04. The number of aliphatic hydroxyl groups excluding tert-OH is 3. The molecule has 0 aromatic carbocycles. The first kappa shape index (κ1) is 33.8. The van der Waals surface area contributed by atoms with Crippen molar-refractivity contribution in [3.8, 4) is 0 Å².